The van der Waals surface area contributed by atoms with Crippen LogP contribution in [0.15, 0.2) is 6.20 Å². The lowest BCUT2D eigenvalue weighted by Crippen LogP contribution is -2.21. The van der Waals surface area contributed by atoms with Crippen LogP contribution in [-0.2, 0) is 11.3 Å². The third-order valence-corrected chi connectivity index (χ3v) is 1.47. The van der Waals surface area contributed by atoms with E-state index in [2.05, 4.69) is 15.0 Å². The van der Waals surface area contributed by atoms with Gasteiger partial charge in [0.15, 0.2) is 0 Å². The van der Waals surface area contributed by atoms with Gasteiger partial charge in [0.2, 0.25) is 0 Å². The number of ether oxygens (including phenoxy) is 1. The maximum atomic E-state index is 10.2. The first-order valence-electron chi connectivity index (χ1n) is 3.85. The minimum absolute atomic E-state index is 0.120. The summed E-state index contributed by atoms with van der Waals surface area (Å²) in [5, 5.41) is 26.3. The van der Waals surface area contributed by atoms with Crippen LogP contribution in [0.4, 0.5) is 5.82 Å². The summed E-state index contributed by atoms with van der Waals surface area (Å²) in [6, 6.07) is 0. The molecule has 0 saturated carbocycles. The van der Waals surface area contributed by atoms with E-state index in [0.29, 0.717) is 0 Å². The molecule has 0 radical (unpaired) electrons. The van der Waals surface area contributed by atoms with Crippen LogP contribution < -0.4 is 0 Å². The monoisotopic (exact) mass is 202 g/mol. The second kappa shape index (κ2) is 4.63. The van der Waals surface area contributed by atoms with Crippen molar-refractivity contribution in [1.82, 2.24) is 15.0 Å². The molecule has 1 unspecified atom stereocenters. The van der Waals surface area contributed by atoms with E-state index in [1.165, 1.54) is 11.8 Å². The maximum absolute atomic E-state index is 10.2. The Morgan fingerprint density at radius 2 is 2.57 bits per heavy atom. The number of hydrogen-bond acceptors (Lipinski definition) is 6. The molecule has 78 valence electrons. The highest BCUT2D eigenvalue weighted by molar-refractivity contribution is 5.08. The molecule has 0 aliphatic heterocycles. The predicted octanol–water partition coefficient (Wildman–Crippen LogP) is -0.806. The van der Waals surface area contributed by atoms with Gasteiger partial charge in [-0.1, -0.05) is 0 Å². The summed E-state index contributed by atoms with van der Waals surface area (Å²) in [6.45, 7) is 0.266. The lowest BCUT2D eigenvalue weighted by Gasteiger charge is -2.06. The zero-order valence-corrected chi connectivity index (χ0v) is 7.53. The molecular formula is C6H10N4O4. The second-order valence-corrected chi connectivity index (χ2v) is 2.67. The minimum atomic E-state index is -0.749. The average Bonchev–Trinajstić information content (AvgIpc) is 2.53. The van der Waals surface area contributed by atoms with Crippen LogP contribution in [0.1, 0.15) is 0 Å². The van der Waals surface area contributed by atoms with Crippen molar-refractivity contribution in [1.29, 1.82) is 0 Å². The Balaban J connectivity index is 2.55. The quantitative estimate of drug-likeness (QED) is 0.495. The van der Waals surface area contributed by atoms with Gasteiger partial charge in [-0.05, 0) is 4.92 Å². The summed E-state index contributed by atoms with van der Waals surface area (Å²) < 4.78 is 5.88. The van der Waals surface area contributed by atoms with Crippen molar-refractivity contribution in [3.63, 3.8) is 0 Å². The maximum Gasteiger partial charge on any atom is 0.410 e. The highest BCUT2D eigenvalue weighted by Gasteiger charge is 2.14. The van der Waals surface area contributed by atoms with E-state index in [0.717, 1.165) is 6.20 Å². The molecule has 0 aliphatic rings. The summed E-state index contributed by atoms with van der Waals surface area (Å²) in [5.74, 6) is -0.338. The van der Waals surface area contributed by atoms with Crippen molar-refractivity contribution in [2.45, 2.75) is 12.6 Å². The number of hydrogen-bond donors (Lipinski definition) is 1. The standard InChI is InChI=1S/C6H10N4O4/c1-14-4-5(11)2-9-3-6(7-8-9)10(12)13/h3,5,11H,2,4H2,1H3. The third-order valence-electron chi connectivity index (χ3n) is 1.47. The third kappa shape index (κ3) is 2.75. The molecule has 0 aliphatic carbocycles. The van der Waals surface area contributed by atoms with Gasteiger partial charge in [0.1, 0.15) is 11.3 Å². The van der Waals surface area contributed by atoms with E-state index < -0.39 is 11.0 Å². The first-order valence-corrected chi connectivity index (χ1v) is 3.85. The van der Waals surface area contributed by atoms with Crippen molar-refractivity contribution >= 4 is 5.82 Å². The largest absolute Gasteiger partial charge is 0.410 e. The number of aromatic nitrogens is 3. The van der Waals surface area contributed by atoms with Crippen molar-refractivity contribution < 1.29 is 14.8 Å². The molecule has 0 saturated heterocycles. The molecule has 0 aromatic carbocycles. The highest BCUT2D eigenvalue weighted by atomic mass is 16.6. The summed E-state index contributed by atoms with van der Waals surface area (Å²) in [6.07, 6.45) is 0.403. The van der Waals surface area contributed by atoms with Crippen LogP contribution in [-0.4, -0.2) is 44.8 Å². The first kappa shape index (κ1) is 10.5. The number of nitrogens with zero attached hydrogens (tertiary/aromatic N) is 4. The second-order valence-electron chi connectivity index (χ2n) is 2.67. The van der Waals surface area contributed by atoms with Gasteiger partial charge < -0.3 is 20.0 Å². The Hall–Kier alpha value is -1.54. The number of aliphatic hydroxyl groups is 1. The molecule has 0 amide bonds. The normalized spacial score (nSPS) is 12.7. The van der Waals surface area contributed by atoms with E-state index in [4.69, 9.17) is 0 Å². The number of aliphatic hydroxyl groups excluding tert-OH is 1. The van der Waals surface area contributed by atoms with Crippen molar-refractivity contribution in [2.75, 3.05) is 13.7 Å². The molecule has 1 N–H and O–H groups in total. The lowest BCUT2D eigenvalue weighted by molar-refractivity contribution is -0.389. The van der Waals surface area contributed by atoms with E-state index >= 15 is 0 Å². The SMILES string of the molecule is COCC(O)Cn1cc([N+](=O)[O-])nn1. The molecule has 0 bridgehead atoms. The van der Waals surface area contributed by atoms with Gasteiger partial charge in [0.05, 0.1) is 24.5 Å². The summed E-state index contributed by atoms with van der Waals surface area (Å²) >= 11 is 0. The number of nitro groups is 1. The topological polar surface area (TPSA) is 103 Å². The Kier molecular flexibility index (Phi) is 3.48. The zero-order valence-electron chi connectivity index (χ0n) is 7.53. The van der Waals surface area contributed by atoms with Crippen molar-refractivity contribution in [3.05, 3.63) is 16.3 Å². The molecule has 1 rings (SSSR count). The van der Waals surface area contributed by atoms with E-state index in [1.807, 2.05) is 0 Å². The zero-order chi connectivity index (χ0) is 10.6. The van der Waals surface area contributed by atoms with Crippen LogP contribution in [0.25, 0.3) is 0 Å². The van der Waals surface area contributed by atoms with E-state index in [9.17, 15) is 15.2 Å². The highest BCUT2D eigenvalue weighted by Crippen LogP contribution is 2.03. The Morgan fingerprint density at radius 1 is 1.86 bits per heavy atom. The summed E-state index contributed by atoms with van der Waals surface area (Å²) in [7, 11) is 1.45. The summed E-state index contributed by atoms with van der Waals surface area (Å²) in [4.78, 5) is 9.58. The molecule has 0 spiro atoms. The molecule has 0 fully saturated rings. The fourth-order valence-corrected chi connectivity index (χ4v) is 0.922. The molecule has 1 heterocycles. The fraction of sp³-hybridized carbons (Fsp3) is 0.667. The molecular weight excluding hydrogens is 192 g/mol. The minimum Gasteiger partial charge on any atom is -0.389 e. The van der Waals surface area contributed by atoms with Gasteiger partial charge in [-0.2, -0.15) is 0 Å². The first-order chi connectivity index (χ1) is 6.63. The van der Waals surface area contributed by atoms with Gasteiger partial charge in [0.25, 0.3) is 0 Å². The van der Waals surface area contributed by atoms with Gasteiger partial charge >= 0.3 is 5.82 Å². The van der Waals surface area contributed by atoms with E-state index in [-0.39, 0.29) is 19.0 Å². The van der Waals surface area contributed by atoms with Gasteiger partial charge in [-0.3, -0.25) is 0 Å². The number of methoxy groups -OCH3 is 1. The fourth-order valence-electron chi connectivity index (χ4n) is 0.922. The van der Waals surface area contributed by atoms with Crippen molar-refractivity contribution in [3.8, 4) is 0 Å². The van der Waals surface area contributed by atoms with Gasteiger partial charge in [0, 0.05) is 7.11 Å². The molecule has 8 nitrogen and oxygen atoms in total. The molecule has 1 aromatic heterocycles. The van der Waals surface area contributed by atoms with E-state index in [1.54, 1.807) is 0 Å². The molecule has 1 aromatic rings. The Bertz CT molecular complexity index is 313. The number of rotatable bonds is 5. The smallest absolute Gasteiger partial charge is 0.389 e. The van der Waals surface area contributed by atoms with Crippen molar-refractivity contribution in [2.24, 2.45) is 0 Å². The lowest BCUT2D eigenvalue weighted by atomic mass is 10.4. The Labute approximate surface area is 79.2 Å². The molecule has 14 heavy (non-hydrogen) atoms. The van der Waals surface area contributed by atoms with Crippen LogP contribution >= 0.6 is 0 Å². The predicted molar refractivity (Wildman–Crippen MR) is 44.6 cm³/mol. The van der Waals surface area contributed by atoms with Gasteiger partial charge in [-0.25, -0.2) is 4.68 Å². The van der Waals surface area contributed by atoms with Gasteiger partial charge in [-0.15, -0.1) is 0 Å². The van der Waals surface area contributed by atoms with Crippen LogP contribution in [0.3, 0.4) is 0 Å². The van der Waals surface area contributed by atoms with Crippen LogP contribution in [0.5, 0.6) is 0 Å². The average molecular weight is 202 g/mol. The van der Waals surface area contributed by atoms with Crippen LogP contribution in [0, 0.1) is 10.1 Å². The van der Waals surface area contributed by atoms with Crippen LogP contribution in [0.2, 0.25) is 0 Å². The molecule has 1 atom stereocenters. The molecule has 8 heteroatoms. The summed E-state index contributed by atoms with van der Waals surface area (Å²) in [5.41, 5.74) is 0. The Morgan fingerprint density at radius 3 is 3.07 bits per heavy atom.